The van der Waals surface area contributed by atoms with E-state index in [1.54, 1.807) is 18.3 Å². The van der Waals surface area contributed by atoms with E-state index in [1.165, 1.54) is 11.1 Å². The zero-order valence-electron chi connectivity index (χ0n) is 14.7. The number of Topliss-reactive ketones (excluding diaryl/α,β-unsaturated/α-hetero) is 1. The number of aromatic nitrogens is 1. The Morgan fingerprint density at radius 3 is 2.24 bits per heavy atom. The van der Waals surface area contributed by atoms with Gasteiger partial charge < -0.3 is 5.32 Å². The Labute approximate surface area is 152 Å². The van der Waals surface area contributed by atoms with Crippen LogP contribution in [0.3, 0.4) is 0 Å². The maximum atomic E-state index is 11.7. The quantitative estimate of drug-likeness (QED) is 0.633. The maximum Gasteiger partial charge on any atom is 0.132 e. The van der Waals surface area contributed by atoms with Crippen molar-refractivity contribution >= 4 is 22.8 Å². The number of hydrogen-bond donors (Lipinski definition) is 1. The van der Waals surface area contributed by atoms with Crippen LogP contribution in [0.5, 0.6) is 0 Å². The molecule has 1 N–H and O–H groups in total. The molecule has 4 heteroatoms. The Morgan fingerprint density at radius 2 is 1.64 bits per heavy atom. The molecule has 1 heterocycles. The molecule has 3 aromatic rings. The monoisotopic (exact) mass is 350 g/mol. The molecule has 0 saturated carbocycles. The van der Waals surface area contributed by atoms with Gasteiger partial charge in [-0.05, 0) is 32.9 Å². The molecule has 2 aromatic carbocycles. The van der Waals surface area contributed by atoms with Crippen molar-refractivity contribution in [1.82, 2.24) is 4.98 Å². The van der Waals surface area contributed by atoms with Gasteiger partial charge in [-0.25, -0.2) is 4.98 Å². The molecule has 0 amide bonds. The molecule has 0 radical (unpaired) electrons. The van der Waals surface area contributed by atoms with Crippen LogP contribution in [-0.4, -0.2) is 10.8 Å². The summed E-state index contributed by atoms with van der Waals surface area (Å²) in [5.74, 6) is 0.148. The standard InChI is InChI=1S/C21H22N2OS/c1-14-4-8-17(9-5-14)21-23-20(13-25-21)19(12-16(3)24)22-18-10-6-15(2)7-11-18/h4-11,13,19,22H,12H2,1-3H3. The number of thiazole rings is 1. The first kappa shape index (κ1) is 17.4. The van der Waals surface area contributed by atoms with E-state index in [0.717, 1.165) is 22.0 Å². The second kappa shape index (κ2) is 7.62. The van der Waals surface area contributed by atoms with E-state index in [9.17, 15) is 4.79 Å². The number of anilines is 1. The van der Waals surface area contributed by atoms with Crippen LogP contribution >= 0.6 is 11.3 Å². The summed E-state index contributed by atoms with van der Waals surface area (Å²) in [6.45, 7) is 5.76. The Bertz CT molecular complexity index is 850. The molecule has 128 valence electrons. The molecule has 0 spiro atoms. The van der Waals surface area contributed by atoms with Gasteiger partial charge in [-0.3, -0.25) is 4.79 Å². The Kier molecular flexibility index (Phi) is 5.29. The van der Waals surface area contributed by atoms with Crippen molar-refractivity contribution in [1.29, 1.82) is 0 Å². The molecule has 1 aromatic heterocycles. The van der Waals surface area contributed by atoms with Gasteiger partial charge in [0.15, 0.2) is 0 Å². The van der Waals surface area contributed by atoms with Crippen LogP contribution in [0.2, 0.25) is 0 Å². The van der Waals surface area contributed by atoms with Gasteiger partial charge >= 0.3 is 0 Å². The van der Waals surface area contributed by atoms with E-state index >= 15 is 0 Å². The van der Waals surface area contributed by atoms with Crippen molar-refractivity contribution in [2.45, 2.75) is 33.2 Å². The van der Waals surface area contributed by atoms with Crippen LogP contribution in [0.25, 0.3) is 10.6 Å². The van der Waals surface area contributed by atoms with Crippen molar-refractivity contribution < 1.29 is 4.79 Å². The van der Waals surface area contributed by atoms with Crippen LogP contribution in [0.4, 0.5) is 5.69 Å². The normalized spacial score (nSPS) is 12.0. The predicted molar refractivity (Wildman–Crippen MR) is 105 cm³/mol. The number of nitrogens with zero attached hydrogens (tertiary/aromatic N) is 1. The Balaban J connectivity index is 1.84. The highest BCUT2D eigenvalue weighted by Crippen LogP contribution is 2.29. The summed E-state index contributed by atoms with van der Waals surface area (Å²) in [5.41, 5.74) is 5.47. The number of ketones is 1. The fourth-order valence-corrected chi connectivity index (χ4v) is 3.52. The molecular formula is C21H22N2OS. The maximum absolute atomic E-state index is 11.7. The Morgan fingerprint density at radius 1 is 1.04 bits per heavy atom. The lowest BCUT2D eigenvalue weighted by Gasteiger charge is -2.17. The van der Waals surface area contributed by atoms with Crippen LogP contribution in [0, 0.1) is 13.8 Å². The largest absolute Gasteiger partial charge is 0.376 e. The molecule has 1 atom stereocenters. The van der Waals surface area contributed by atoms with Gasteiger partial charge in [0.1, 0.15) is 10.8 Å². The molecule has 0 aliphatic rings. The summed E-state index contributed by atoms with van der Waals surface area (Å²) in [5, 5.41) is 6.48. The molecule has 3 rings (SSSR count). The summed E-state index contributed by atoms with van der Waals surface area (Å²) in [6.07, 6.45) is 0.422. The third-order valence-corrected chi connectivity index (χ3v) is 4.97. The van der Waals surface area contributed by atoms with Gasteiger partial charge in [0, 0.05) is 23.1 Å². The van der Waals surface area contributed by atoms with E-state index in [2.05, 4.69) is 55.6 Å². The summed E-state index contributed by atoms with van der Waals surface area (Å²) in [7, 11) is 0. The molecule has 25 heavy (non-hydrogen) atoms. The predicted octanol–water partition coefficient (Wildman–Crippen LogP) is 5.56. The Hall–Kier alpha value is -2.46. The first-order valence-electron chi connectivity index (χ1n) is 8.36. The van der Waals surface area contributed by atoms with Crippen molar-refractivity contribution in [3.05, 3.63) is 70.7 Å². The van der Waals surface area contributed by atoms with E-state index in [4.69, 9.17) is 4.98 Å². The molecule has 0 fully saturated rings. The number of aryl methyl sites for hydroxylation is 2. The molecule has 0 aliphatic heterocycles. The summed E-state index contributed by atoms with van der Waals surface area (Å²) in [6, 6.07) is 16.4. The SMILES string of the molecule is CC(=O)CC(Nc1ccc(C)cc1)c1csc(-c2ccc(C)cc2)n1. The summed E-state index contributed by atoms with van der Waals surface area (Å²) < 4.78 is 0. The van der Waals surface area contributed by atoms with Crippen LogP contribution < -0.4 is 5.32 Å². The number of nitrogens with one attached hydrogen (secondary N) is 1. The van der Waals surface area contributed by atoms with Gasteiger partial charge in [0.05, 0.1) is 11.7 Å². The van der Waals surface area contributed by atoms with Crippen molar-refractivity contribution in [3.63, 3.8) is 0 Å². The molecule has 0 bridgehead atoms. The van der Waals surface area contributed by atoms with Gasteiger partial charge in [-0.2, -0.15) is 0 Å². The average molecular weight is 350 g/mol. The lowest BCUT2D eigenvalue weighted by atomic mass is 10.1. The molecule has 1 unspecified atom stereocenters. The topological polar surface area (TPSA) is 42.0 Å². The van der Waals surface area contributed by atoms with E-state index in [-0.39, 0.29) is 11.8 Å². The smallest absolute Gasteiger partial charge is 0.132 e. The third kappa shape index (κ3) is 4.54. The van der Waals surface area contributed by atoms with Gasteiger partial charge in [-0.15, -0.1) is 11.3 Å². The van der Waals surface area contributed by atoms with Crippen LogP contribution in [0.15, 0.2) is 53.9 Å². The molecular weight excluding hydrogens is 328 g/mol. The first-order valence-corrected chi connectivity index (χ1v) is 9.24. The first-order chi connectivity index (χ1) is 12.0. The van der Waals surface area contributed by atoms with Gasteiger partial charge in [0.25, 0.3) is 0 Å². The zero-order chi connectivity index (χ0) is 17.8. The fraction of sp³-hybridized carbons (Fsp3) is 0.238. The number of hydrogen-bond acceptors (Lipinski definition) is 4. The second-order valence-corrected chi connectivity index (χ2v) is 7.27. The molecule has 3 nitrogen and oxygen atoms in total. The van der Waals surface area contributed by atoms with Crippen molar-refractivity contribution in [2.24, 2.45) is 0 Å². The molecule has 0 aliphatic carbocycles. The lowest BCUT2D eigenvalue weighted by Crippen LogP contribution is -2.14. The second-order valence-electron chi connectivity index (χ2n) is 6.41. The van der Waals surface area contributed by atoms with E-state index in [0.29, 0.717) is 6.42 Å². The van der Waals surface area contributed by atoms with Gasteiger partial charge in [0.2, 0.25) is 0 Å². The van der Waals surface area contributed by atoms with Crippen molar-refractivity contribution in [2.75, 3.05) is 5.32 Å². The highest BCUT2D eigenvalue weighted by Gasteiger charge is 2.18. The highest BCUT2D eigenvalue weighted by molar-refractivity contribution is 7.13. The number of benzene rings is 2. The van der Waals surface area contributed by atoms with Gasteiger partial charge in [-0.1, -0.05) is 47.5 Å². The number of carbonyl (C=O) groups is 1. The van der Waals surface area contributed by atoms with E-state index in [1.807, 2.05) is 17.5 Å². The van der Waals surface area contributed by atoms with Crippen molar-refractivity contribution in [3.8, 4) is 10.6 Å². The summed E-state index contributed by atoms with van der Waals surface area (Å²) >= 11 is 1.61. The minimum absolute atomic E-state index is 0.115. The minimum atomic E-state index is -0.115. The van der Waals surface area contributed by atoms with E-state index < -0.39 is 0 Å². The van der Waals surface area contributed by atoms with Crippen LogP contribution in [-0.2, 0) is 4.79 Å². The minimum Gasteiger partial charge on any atom is -0.376 e. The average Bonchev–Trinajstić information content (AvgIpc) is 3.06. The highest BCUT2D eigenvalue weighted by atomic mass is 32.1. The fourth-order valence-electron chi connectivity index (χ4n) is 2.64. The summed E-state index contributed by atoms with van der Waals surface area (Å²) in [4.78, 5) is 16.5. The zero-order valence-corrected chi connectivity index (χ0v) is 15.6. The lowest BCUT2D eigenvalue weighted by molar-refractivity contribution is -0.117. The number of carbonyl (C=O) groups excluding carboxylic acids is 1. The molecule has 0 saturated heterocycles. The number of rotatable bonds is 6. The van der Waals surface area contributed by atoms with Crippen LogP contribution in [0.1, 0.15) is 36.2 Å². The third-order valence-electron chi connectivity index (χ3n) is 4.06.